The highest BCUT2D eigenvalue weighted by Crippen LogP contribution is 2.39. The van der Waals surface area contributed by atoms with Crippen LogP contribution in [0.1, 0.15) is 25.0 Å². The fourth-order valence-electron chi connectivity index (χ4n) is 3.57. The number of hydrogen-bond donors (Lipinski definition) is 2. The second kappa shape index (κ2) is 10.3. The third kappa shape index (κ3) is 6.16. The average molecular weight is 493 g/mol. The molecule has 1 aromatic carbocycles. The third-order valence-electron chi connectivity index (χ3n) is 5.23. The fourth-order valence-corrected chi connectivity index (χ4v) is 4.79. The van der Waals surface area contributed by atoms with E-state index < -0.39 is 29.3 Å². The van der Waals surface area contributed by atoms with E-state index in [0.29, 0.717) is 22.7 Å². The lowest BCUT2D eigenvalue weighted by Crippen LogP contribution is -2.39. The summed E-state index contributed by atoms with van der Waals surface area (Å²) in [5.74, 6) is -2.02. The number of amides is 1. The van der Waals surface area contributed by atoms with Gasteiger partial charge in [-0.05, 0) is 42.7 Å². The minimum atomic E-state index is -4.78. The van der Waals surface area contributed by atoms with E-state index in [1.165, 1.54) is 24.3 Å². The number of pyridine rings is 1. The molecule has 1 aliphatic rings. The zero-order chi connectivity index (χ0) is 25.0. The number of allylic oxidation sites excluding steroid dienone is 1. The number of Topliss-reactive ketones (excluding diaryl/α,β-unsaturated/α-hetero) is 1. The minimum Gasteiger partial charge on any atom is -0.406 e. The first kappa shape index (κ1) is 25.3. The molecule has 2 unspecified atom stereocenters. The van der Waals surface area contributed by atoms with Gasteiger partial charge in [0, 0.05) is 30.6 Å². The summed E-state index contributed by atoms with van der Waals surface area (Å²) in [6.07, 6.45) is -1.26. The minimum absolute atomic E-state index is 0.186. The summed E-state index contributed by atoms with van der Waals surface area (Å²) in [5, 5.41) is 7.85. The highest BCUT2D eigenvalue weighted by molar-refractivity contribution is 8.05. The normalized spacial score (nSPS) is 17.0. The van der Waals surface area contributed by atoms with Crippen molar-refractivity contribution in [2.24, 2.45) is 11.7 Å². The average Bonchev–Trinajstić information content (AvgIpc) is 3.10. The van der Waals surface area contributed by atoms with Gasteiger partial charge in [-0.15, -0.1) is 13.2 Å². The maximum absolute atomic E-state index is 13.1. The molecule has 2 atom stereocenters. The molecule has 7 nitrogen and oxygen atoms in total. The van der Waals surface area contributed by atoms with Gasteiger partial charge in [-0.2, -0.15) is 0 Å². The molecule has 1 amide bonds. The van der Waals surface area contributed by atoms with E-state index in [-0.39, 0.29) is 17.9 Å². The number of hydrogen-bond acceptors (Lipinski definition) is 7. The molecule has 2 aromatic rings. The topological polar surface area (TPSA) is 109 Å². The van der Waals surface area contributed by atoms with Crippen molar-refractivity contribution in [3.05, 3.63) is 70.5 Å². The van der Waals surface area contributed by atoms with Gasteiger partial charge in [0.05, 0.1) is 4.91 Å². The summed E-state index contributed by atoms with van der Waals surface area (Å²) in [6.45, 7) is 3.70. The molecule has 2 heterocycles. The zero-order valence-electron chi connectivity index (χ0n) is 18.4. The van der Waals surface area contributed by atoms with Gasteiger partial charge in [-0.25, -0.2) is 0 Å². The number of ketones is 1. The van der Waals surface area contributed by atoms with Crippen LogP contribution < -0.4 is 10.5 Å². The second-order valence-corrected chi connectivity index (χ2v) is 8.90. The summed E-state index contributed by atoms with van der Waals surface area (Å²) in [4.78, 5) is 31.1. The second-order valence-electron chi connectivity index (χ2n) is 7.81. The maximum Gasteiger partial charge on any atom is 0.573 e. The largest absolute Gasteiger partial charge is 0.573 e. The summed E-state index contributed by atoms with van der Waals surface area (Å²) < 4.78 is 40.9. The van der Waals surface area contributed by atoms with Crippen molar-refractivity contribution in [1.29, 1.82) is 5.41 Å². The van der Waals surface area contributed by atoms with Gasteiger partial charge in [-0.1, -0.05) is 36.9 Å². The van der Waals surface area contributed by atoms with Gasteiger partial charge >= 0.3 is 6.36 Å². The Morgan fingerprint density at radius 2 is 1.91 bits per heavy atom. The number of primary amides is 1. The number of carbonyl (C=O) groups excluding carboxylic acids is 2. The summed E-state index contributed by atoms with van der Waals surface area (Å²) in [7, 11) is 0. The Morgan fingerprint density at radius 1 is 1.24 bits per heavy atom. The fraction of sp³-hybridized carbons (Fsp3) is 0.304. The van der Waals surface area contributed by atoms with Crippen molar-refractivity contribution in [2.75, 3.05) is 0 Å². The van der Waals surface area contributed by atoms with Gasteiger partial charge < -0.3 is 15.4 Å². The molecule has 1 aliphatic heterocycles. The Bertz CT molecular complexity index is 1100. The van der Waals surface area contributed by atoms with Crippen LogP contribution in [0.4, 0.5) is 13.2 Å². The van der Waals surface area contributed by atoms with Crippen LogP contribution in [-0.4, -0.2) is 39.0 Å². The number of halogens is 3. The SMILES string of the molecule is CC1=C(C(N)=O)SC(C(=N)C(=O)C(C)Cc2ccc(OC(F)(F)F)cc2)N1Cc1cccnc1. The Balaban J connectivity index is 1.72. The standard InChI is InChI=1S/C23H23F3N4O3S/c1-13(10-15-5-7-17(8-6-15)33-23(24,25)26)19(31)18(27)22-30(12-16-4-3-9-29-11-16)14(2)20(34-22)21(28)32/h3-9,11,13,22,27H,10,12H2,1-2H3,(H2,28,32). The molecule has 180 valence electrons. The van der Waals surface area contributed by atoms with Gasteiger partial charge in [0.15, 0.2) is 5.78 Å². The molecule has 0 spiro atoms. The molecule has 0 saturated carbocycles. The Hall–Kier alpha value is -3.34. The van der Waals surface area contributed by atoms with Gasteiger partial charge in [0.2, 0.25) is 0 Å². The number of ether oxygens (including phenoxy) is 1. The van der Waals surface area contributed by atoms with Crippen LogP contribution in [-0.2, 0) is 22.6 Å². The van der Waals surface area contributed by atoms with E-state index in [9.17, 15) is 22.8 Å². The van der Waals surface area contributed by atoms with E-state index in [1.54, 1.807) is 37.2 Å². The monoisotopic (exact) mass is 492 g/mol. The van der Waals surface area contributed by atoms with E-state index in [2.05, 4.69) is 9.72 Å². The lowest BCUT2D eigenvalue weighted by atomic mass is 9.94. The number of thioether (sulfide) groups is 1. The van der Waals surface area contributed by atoms with E-state index in [4.69, 9.17) is 11.1 Å². The van der Waals surface area contributed by atoms with Crippen molar-refractivity contribution in [1.82, 2.24) is 9.88 Å². The maximum atomic E-state index is 13.1. The van der Waals surface area contributed by atoms with Crippen LogP contribution in [0.25, 0.3) is 0 Å². The van der Waals surface area contributed by atoms with Gasteiger partial charge in [0.25, 0.3) is 5.91 Å². The third-order valence-corrected chi connectivity index (χ3v) is 6.68. The molecule has 0 aliphatic carbocycles. The van der Waals surface area contributed by atoms with Crippen LogP contribution in [0.3, 0.4) is 0 Å². The molecule has 34 heavy (non-hydrogen) atoms. The van der Waals surface area contributed by atoms with E-state index in [1.807, 2.05) is 6.07 Å². The van der Waals surface area contributed by atoms with Crippen LogP contribution in [0, 0.1) is 11.3 Å². The Kier molecular flexibility index (Phi) is 7.65. The van der Waals surface area contributed by atoms with Crippen molar-refractivity contribution in [3.63, 3.8) is 0 Å². The van der Waals surface area contributed by atoms with Crippen molar-refractivity contribution in [3.8, 4) is 5.75 Å². The molecule has 0 bridgehead atoms. The van der Waals surface area contributed by atoms with Crippen LogP contribution >= 0.6 is 11.8 Å². The highest BCUT2D eigenvalue weighted by atomic mass is 32.2. The molecule has 3 rings (SSSR count). The lowest BCUT2D eigenvalue weighted by Gasteiger charge is -2.28. The number of nitrogens with zero attached hydrogens (tertiary/aromatic N) is 2. The number of carbonyl (C=O) groups is 2. The van der Waals surface area contributed by atoms with Gasteiger partial charge in [0.1, 0.15) is 16.8 Å². The van der Waals surface area contributed by atoms with Crippen LogP contribution in [0.2, 0.25) is 0 Å². The van der Waals surface area contributed by atoms with Crippen LogP contribution in [0.5, 0.6) is 5.75 Å². The van der Waals surface area contributed by atoms with Crippen LogP contribution in [0.15, 0.2) is 59.4 Å². The van der Waals surface area contributed by atoms with E-state index in [0.717, 1.165) is 17.3 Å². The quantitative estimate of drug-likeness (QED) is 0.512. The van der Waals surface area contributed by atoms with Crippen molar-refractivity contribution >= 4 is 29.2 Å². The molecule has 3 N–H and O–H groups in total. The molecular weight excluding hydrogens is 469 g/mol. The molecule has 11 heteroatoms. The first-order chi connectivity index (χ1) is 16.0. The number of benzene rings is 1. The molecular formula is C23H23F3N4O3S. The molecule has 0 radical (unpaired) electrons. The molecule has 0 fully saturated rings. The summed E-state index contributed by atoms with van der Waals surface area (Å²) in [5.41, 5.74) is 7.36. The summed E-state index contributed by atoms with van der Waals surface area (Å²) in [6, 6.07) is 8.88. The molecule has 1 aromatic heterocycles. The zero-order valence-corrected chi connectivity index (χ0v) is 19.2. The first-order valence-electron chi connectivity index (χ1n) is 10.3. The predicted octanol–water partition coefficient (Wildman–Crippen LogP) is 4.04. The number of nitrogens with two attached hydrogens (primary N) is 1. The first-order valence-corrected chi connectivity index (χ1v) is 11.1. The smallest absolute Gasteiger partial charge is 0.406 e. The highest BCUT2D eigenvalue weighted by Gasteiger charge is 2.39. The number of nitrogens with one attached hydrogen (secondary N) is 1. The predicted molar refractivity (Wildman–Crippen MR) is 122 cm³/mol. The van der Waals surface area contributed by atoms with Crippen molar-refractivity contribution in [2.45, 2.75) is 38.5 Å². The van der Waals surface area contributed by atoms with Crippen molar-refractivity contribution < 1.29 is 27.5 Å². The Labute approximate surface area is 198 Å². The number of rotatable bonds is 9. The van der Waals surface area contributed by atoms with E-state index >= 15 is 0 Å². The Morgan fingerprint density at radius 3 is 2.47 bits per heavy atom. The summed E-state index contributed by atoms with van der Waals surface area (Å²) >= 11 is 1.06. The number of aromatic nitrogens is 1. The lowest BCUT2D eigenvalue weighted by molar-refractivity contribution is -0.274. The van der Waals surface area contributed by atoms with Gasteiger partial charge in [-0.3, -0.25) is 20.0 Å². The molecule has 0 saturated heterocycles. The number of alkyl halides is 3.